The van der Waals surface area contributed by atoms with E-state index in [2.05, 4.69) is 16.0 Å². The van der Waals surface area contributed by atoms with Crippen molar-refractivity contribution in [2.75, 3.05) is 13.2 Å². The number of carbonyl (C=O) groups is 4. The van der Waals surface area contributed by atoms with Crippen LogP contribution in [-0.2, 0) is 25.6 Å². The molecular formula is C21H34N6O5. The molecule has 0 unspecified atom stereocenters. The molecule has 0 bridgehead atoms. The van der Waals surface area contributed by atoms with E-state index in [-0.39, 0.29) is 12.8 Å². The Kier molecular flexibility index (Phi) is 11.9. The van der Waals surface area contributed by atoms with Crippen molar-refractivity contribution in [1.82, 2.24) is 16.0 Å². The van der Waals surface area contributed by atoms with Crippen molar-refractivity contribution in [2.45, 2.75) is 56.8 Å². The third kappa shape index (κ3) is 9.41. The number of amides is 4. The van der Waals surface area contributed by atoms with Crippen LogP contribution < -0.4 is 33.2 Å². The summed E-state index contributed by atoms with van der Waals surface area (Å²) in [5, 5.41) is 16.6. The van der Waals surface area contributed by atoms with Crippen LogP contribution in [0.2, 0.25) is 0 Å². The normalized spacial score (nSPS) is 14.5. The van der Waals surface area contributed by atoms with E-state index in [9.17, 15) is 19.2 Å². The Morgan fingerprint density at radius 3 is 2.12 bits per heavy atom. The molecule has 0 saturated carbocycles. The molecule has 1 aromatic rings. The summed E-state index contributed by atoms with van der Waals surface area (Å²) in [6.45, 7) is 1.30. The average molecular weight is 451 g/mol. The van der Waals surface area contributed by atoms with Crippen LogP contribution in [0.25, 0.3) is 0 Å². The Labute approximate surface area is 187 Å². The highest BCUT2D eigenvalue weighted by atomic mass is 16.3. The molecule has 0 radical (unpaired) electrons. The van der Waals surface area contributed by atoms with Gasteiger partial charge in [0.25, 0.3) is 0 Å². The zero-order chi connectivity index (χ0) is 24.1. The molecule has 0 aliphatic heterocycles. The second-order valence-electron chi connectivity index (χ2n) is 7.52. The van der Waals surface area contributed by atoms with Crippen LogP contribution in [0.5, 0.6) is 0 Å². The number of benzene rings is 1. The molecule has 0 aromatic heterocycles. The van der Waals surface area contributed by atoms with Crippen LogP contribution in [0.3, 0.4) is 0 Å². The predicted molar refractivity (Wildman–Crippen MR) is 119 cm³/mol. The van der Waals surface area contributed by atoms with Crippen LogP contribution >= 0.6 is 0 Å². The average Bonchev–Trinajstić information content (AvgIpc) is 2.77. The number of unbranched alkanes of at least 4 members (excludes halogenated alkanes) is 1. The molecule has 10 N–H and O–H groups in total. The summed E-state index contributed by atoms with van der Waals surface area (Å²) in [6, 6.07) is 4.97. The number of hydrogen-bond donors (Lipinski definition) is 7. The van der Waals surface area contributed by atoms with Gasteiger partial charge in [0.2, 0.25) is 23.6 Å². The highest BCUT2D eigenvalue weighted by Gasteiger charge is 2.27. The number of aliphatic hydroxyl groups excluding tert-OH is 1. The third-order valence-corrected chi connectivity index (χ3v) is 4.81. The summed E-state index contributed by atoms with van der Waals surface area (Å²) in [5.74, 6) is -2.58. The van der Waals surface area contributed by atoms with Gasteiger partial charge in [-0.15, -0.1) is 0 Å². The first-order valence-electron chi connectivity index (χ1n) is 10.5. The number of rotatable bonds is 14. The molecule has 11 heteroatoms. The lowest BCUT2D eigenvalue weighted by molar-refractivity contribution is -0.133. The maximum atomic E-state index is 12.7. The molecule has 11 nitrogen and oxygen atoms in total. The van der Waals surface area contributed by atoms with Crippen LogP contribution in [0.15, 0.2) is 30.3 Å². The SMILES string of the molecule is C[C@H](NC(=O)[C@H](CCCCN)NC(=O)[C@@H](N)CO)C(=O)N[C@@H](Cc1ccccc1)C(N)=O. The molecule has 32 heavy (non-hydrogen) atoms. The van der Waals surface area contributed by atoms with Crippen molar-refractivity contribution in [3.63, 3.8) is 0 Å². The maximum Gasteiger partial charge on any atom is 0.243 e. The molecule has 178 valence electrons. The molecule has 0 aliphatic carbocycles. The zero-order valence-electron chi connectivity index (χ0n) is 18.3. The summed E-state index contributed by atoms with van der Waals surface area (Å²) in [5.41, 5.74) is 17.2. The second-order valence-corrected chi connectivity index (χ2v) is 7.52. The smallest absolute Gasteiger partial charge is 0.243 e. The number of aliphatic hydroxyl groups is 1. The van der Waals surface area contributed by atoms with Crippen molar-refractivity contribution in [3.05, 3.63) is 35.9 Å². The predicted octanol–water partition coefficient (Wildman–Crippen LogP) is -2.36. The zero-order valence-corrected chi connectivity index (χ0v) is 18.3. The molecule has 0 spiro atoms. The lowest BCUT2D eigenvalue weighted by Gasteiger charge is -2.23. The standard InChI is InChI=1S/C21H34N6O5/c1-13(19(30)27-17(18(24)29)11-14-7-3-2-4-8-14)25-21(32)16(9-5-6-10-22)26-20(31)15(23)12-28/h2-4,7-8,13,15-17,28H,5-6,9-12,22-23H2,1H3,(H2,24,29)(H,25,32)(H,26,31)(H,27,30)/t13-,15-,16-,17-/m0/s1. The van der Waals surface area contributed by atoms with Gasteiger partial charge in [0, 0.05) is 6.42 Å². The van der Waals surface area contributed by atoms with Gasteiger partial charge in [-0.3, -0.25) is 19.2 Å². The van der Waals surface area contributed by atoms with Gasteiger partial charge in [0.1, 0.15) is 24.2 Å². The quantitative estimate of drug-likeness (QED) is 0.153. The summed E-state index contributed by atoms with van der Waals surface area (Å²) < 4.78 is 0. The van der Waals surface area contributed by atoms with E-state index >= 15 is 0 Å². The monoisotopic (exact) mass is 450 g/mol. The molecular weight excluding hydrogens is 416 g/mol. The molecule has 4 atom stereocenters. The minimum atomic E-state index is -1.17. The first-order chi connectivity index (χ1) is 15.2. The van der Waals surface area contributed by atoms with E-state index in [1.165, 1.54) is 6.92 Å². The van der Waals surface area contributed by atoms with Crippen molar-refractivity contribution >= 4 is 23.6 Å². The highest BCUT2D eigenvalue weighted by Crippen LogP contribution is 2.05. The van der Waals surface area contributed by atoms with Gasteiger partial charge in [-0.2, -0.15) is 0 Å². The van der Waals surface area contributed by atoms with Gasteiger partial charge in [-0.25, -0.2) is 0 Å². The first kappa shape index (κ1) is 27.0. The topological polar surface area (TPSA) is 203 Å². The van der Waals surface area contributed by atoms with Crippen molar-refractivity contribution in [3.8, 4) is 0 Å². The number of nitrogens with one attached hydrogen (secondary N) is 3. The fourth-order valence-electron chi connectivity index (χ4n) is 2.87. The molecule has 0 saturated heterocycles. The maximum absolute atomic E-state index is 12.7. The minimum Gasteiger partial charge on any atom is -0.394 e. The van der Waals surface area contributed by atoms with E-state index in [1.54, 1.807) is 24.3 Å². The molecule has 1 aromatic carbocycles. The van der Waals surface area contributed by atoms with E-state index in [0.29, 0.717) is 19.4 Å². The van der Waals surface area contributed by atoms with Gasteiger partial charge < -0.3 is 38.3 Å². The molecule has 1 rings (SSSR count). The molecule has 0 heterocycles. The Bertz CT molecular complexity index is 760. The van der Waals surface area contributed by atoms with Gasteiger partial charge in [-0.1, -0.05) is 30.3 Å². The van der Waals surface area contributed by atoms with Crippen LogP contribution in [0, 0.1) is 0 Å². The Hall–Kier alpha value is -3.02. The molecule has 4 amide bonds. The summed E-state index contributed by atoms with van der Waals surface area (Å²) in [6.07, 6.45) is 1.69. The first-order valence-corrected chi connectivity index (χ1v) is 10.5. The van der Waals surface area contributed by atoms with E-state index in [4.69, 9.17) is 22.3 Å². The minimum absolute atomic E-state index is 0.208. The van der Waals surface area contributed by atoms with Crippen molar-refractivity contribution in [2.24, 2.45) is 17.2 Å². The summed E-state index contributed by atoms with van der Waals surface area (Å²) in [4.78, 5) is 49.0. The Morgan fingerprint density at radius 2 is 1.56 bits per heavy atom. The van der Waals surface area contributed by atoms with Gasteiger partial charge >= 0.3 is 0 Å². The molecule has 0 fully saturated rings. The summed E-state index contributed by atoms with van der Waals surface area (Å²) in [7, 11) is 0. The van der Waals surface area contributed by atoms with Gasteiger partial charge in [0.15, 0.2) is 0 Å². The van der Waals surface area contributed by atoms with Crippen LogP contribution in [0.1, 0.15) is 31.7 Å². The van der Waals surface area contributed by atoms with E-state index < -0.39 is 54.4 Å². The number of nitrogens with two attached hydrogens (primary N) is 3. The second kappa shape index (κ2) is 14.1. The lowest BCUT2D eigenvalue weighted by atomic mass is 10.0. The Morgan fingerprint density at radius 1 is 0.938 bits per heavy atom. The third-order valence-electron chi connectivity index (χ3n) is 4.81. The molecule has 0 aliphatic rings. The fraction of sp³-hybridized carbons (Fsp3) is 0.524. The van der Waals surface area contributed by atoms with Crippen molar-refractivity contribution in [1.29, 1.82) is 0 Å². The largest absolute Gasteiger partial charge is 0.394 e. The lowest BCUT2D eigenvalue weighted by Crippen LogP contribution is -2.57. The summed E-state index contributed by atoms with van der Waals surface area (Å²) >= 11 is 0. The van der Waals surface area contributed by atoms with E-state index in [1.807, 2.05) is 6.07 Å². The van der Waals surface area contributed by atoms with Gasteiger partial charge in [0.05, 0.1) is 6.61 Å². The van der Waals surface area contributed by atoms with Crippen LogP contribution in [0.4, 0.5) is 0 Å². The van der Waals surface area contributed by atoms with E-state index in [0.717, 1.165) is 5.56 Å². The number of hydrogen-bond acceptors (Lipinski definition) is 7. The Balaban J connectivity index is 2.75. The number of primary amides is 1. The van der Waals surface area contributed by atoms with Crippen molar-refractivity contribution < 1.29 is 24.3 Å². The van der Waals surface area contributed by atoms with Crippen LogP contribution in [-0.4, -0.2) is 66.1 Å². The van der Waals surface area contributed by atoms with Gasteiger partial charge in [-0.05, 0) is 38.3 Å². The fourth-order valence-corrected chi connectivity index (χ4v) is 2.87. The number of carbonyl (C=O) groups excluding carboxylic acids is 4. The highest BCUT2D eigenvalue weighted by molar-refractivity contribution is 5.94.